The van der Waals surface area contributed by atoms with Crippen LogP contribution in [0.5, 0.6) is 0 Å². The predicted molar refractivity (Wildman–Crippen MR) is 41.2 cm³/mol. The van der Waals surface area contributed by atoms with Gasteiger partial charge in [-0.25, -0.2) is 0 Å². The van der Waals surface area contributed by atoms with Crippen LogP contribution in [-0.4, -0.2) is 5.16 Å². The molecule has 3 nitrogen and oxygen atoms in total. The normalized spacial score (nSPS) is 17.9. The Kier molecular flexibility index (Phi) is 3.75. The van der Waals surface area contributed by atoms with Gasteiger partial charge in [0, 0.05) is 0 Å². The maximum atomic E-state index is 10.7. The first-order valence-electron chi connectivity index (χ1n) is 3.89. The van der Waals surface area contributed by atoms with Gasteiger partial charge in [0.05, 0.1) is 0 Å². The van der Waals surface area contributed by atoms with Crippen molar-refractivity contribution in [2.75, 3.05) is 0 Å². The second kappa shape index (κ2) is 3.70. The van der Waals surface area contributed by atoms with E-state index in [1.165, 1.54) is 6.92 Å². The van der Waals surface area contributed by atoms with Gasteiger partial charge in [0.25, 0.3) is 0 Å². The standard InChI is InChI=1S/C7H17O3P/c1-4-6-7(3,5-2)11(8,9)10/h4-6H2,1-3H3,(H2,8,9,10)/p-2. The van der Waals surface area contributed by atoms with Gasteiger partial charge < -0.3 is 14.4 Å². The average molecular weight is 178 g/mol. The van der Waals surface area contributed by atoms with Crippen molar-refractivity contribution in [3.63, 3.8) is 0 Å². The molecule has 0 aliphatic carbocycles. The summed E-state index contributed by atoms with van der Waals surface area (Å²) in [6.07, 6.45) is 1.61. The van der Waals surface area contributed by atoms with E-state index in [1.807, 2.05) is 6.92 Å². The van der Waals surface area contributed by atoms with Crippen molar-refractivity contribution in [2.24, 2.45) is 0 Å². The van der Waals surface area contributed by atoms with E-state index < -0.39 is 12.8 Å². The van der Waals surface area contributed by atoms with Crippen LogP contribution in [0.3, 0.4) is 0 Å². The summed E-state index contributed by atoms with van der Waals surface area (Å²) in [6.45, 7) is 5.14. The quantitative estimate of drug-likeness (QED) is 0.600. The molecule has 0 aromatic heterocycles. The van der Waals surface area contributed by atoms with E-state index in [2.05, 4.69) is 0 Å². The topological polar surface area (TPSA) is 63.2 Å². The highest BCUT2D eigenvalue weighted by Gasteiger charge is 2.24. The van der Waals surface area contributed by atoms with E-state index in [0.29, 0.717) is 12.8 Å². The average Bonchev–Trinajstić information content (AvgIpc) is 1.86. The fourth-order valence-corrected chi connectivity index (χ4v) is 1.93. The molecular formula is C7H15O3P-2. The molecule has 0 rings (SSSR count). The maximum absolute atomic E-state index is 10.7. The SMILES string of the molecule is CCCC(C)(CC)P(=O)([O-])[O-]. The lowest BCUT2D eigenvalue weighted by Gasteiger charge is -2.47. The van der Waals surface area contributed by atoms with Crippen LogP contribution in [0.4, 0.5) is 0 Å². The predicted octanol–water partition coefficient (Wildman–Crippen LogP) is 0.869. The number of rotatable bonds is 4. The Hall–Kier alpha value is 0.150. The number of hydrogen-bond acceptors (Lipinski definition) is 3. The van der Waals surface area contributed by atoms with Crippen LogP contribution >= 0.6 is 7.60 Å². The molecule has 0 amide bonds. The smallest absolute Gasteiger partial charge is 0.00506 e. The molecule has 0 spiro atoms. The lowest BCUT2D eigenvalue weighted by molar-refractivity contribution is -0.320. The third-order valence-electron chi connectivity index (χ3n) is 2.21. The Morgan fingerprint density at radius 1 is 1.36 bits per heavy atom. The van der Waals surface area contributed by atoms with Gasteiger partial charge in [-0.2, -0.15) is 0 Å². The first-order valence-corrected chi connectivity index (χ1v) is 5.44. The summed E-state index contributed by atoms with van der Waals surface area (Å²) in [7, 11) is -4.40. The Morgan fingerprint density at radius 3 is 1.91 bits per heavy atom. The molecule has 4 heteroatoms. The molecule has 0 radical (unpaired) electrons. The molecule has 11 heavy (non-hydrogen) atoms. The minimum atomic E-state index is -4.40. The summed E-state index contributed by atoms with van der Waals surface area (Å²) < 4.78 is 10.7. The third-order valence-corrected chi connectivity index (χ3v) is 4.07. The van der Waals surface area contributed by atoms with Crippen molar-refractivity contribution < 1.29 is 14.4 Å². The summed E-state index contributed by atoms with van der Waals surface area (Å²) >= 11 is 0. The van der Waals surface area contributed by atoms with Crippen molar-refractivity contribution in [3.8, 4) is 0 Å². The van der Waals surface area contributed by atoms with Gasteiger partial charge >= 0.3 is 0 Å². The van der Waals surface area contributed by atoms with Gasteiger partial charge in [0.2, 0.25) is 0 Å². The maximum Gasteiger partial charge on any atom is -0.00506 e. The third kappa shape index (κ3) is 2.58. The Labute approximate surface area is 68.0 Å². The molecule has 0 aliphatic rings. The molecule has 0 aromatic carbocycles. The van der Waals surface area contributed by atoms with Crippen LogP contribution in [0.1, 0.15) is 40.0 Å². The minimum absolute atomic E-state index is 0.408. The second-order valence-corrected chi connectivity index (χ2v) is 5.17. The monoisotopic (exact) mass is 178 g/mol. The summed E-state index contributed by atoms with van der Waals surface area (Å²) in [5.41, 5.74) is 0. The van der Waals surface area contributed by atoms with Crippen molar-refractivity contribution in [1.82, 2.24) is 0 Å². The van der Waals surface area contributed by atoms with Crippen molar-refractivity contribution >= 4 is 7.60 Å². The van der Waals surface area contributed by atoms with Gasteiger partial charge in [-0.05, 0) is 18.0 Å². The van der Waals surface area contributed by atoms with Crippen LogP contribution in [0.25, 0.3) is 0 Å². The highest BCUT2D eigenvalue weighted by molar-refractivity contribution is 7.50. The van der Waals surface area contributed by atoms with Crippen LogP contribution in [0.2, 0.25) is 0 Å². The van der Waals surface area contributed by atoms with Crippen LogP contribution in [-0.2, 0) is 4.57 Å². The molecule has 0 bridgehead atoms. The zero-order chi connectivity index (χ0) is 9.12. The first kappa shape index (κ1) is 11.2. The Bertz CT molecular complexity index is 163. The highest BCUT2D eigenvalue weighted by atomic mass is 31.2. The van der Waals surface area contributed by atoms with Crippen LogP contribution in [0.15, 0.2) is 0 Å². The van der Waals surface area contributed by atoms with E-state index >= 15 is 0 Å². The van der Waals surface area contributed by atoms with Crippen LogP contribution in [0, 0.1) is 0 Å². The molecule has 0 aliphatic heterocycles. The minimum Gasteiger partial charge on any atom is -0.810 e. The van der Waals surface area contributed by atoms with Crippen molar-refractivity contribution in [3.05, 3.63) is 0 Å². The second-order valence-electron chi connectivity index (χ2n) is 3.10. The molecule has 68 valence electrons. The van der Waals surface area contributed by atoms with E-state index in [-0.39, 0.29) is 0 Å². The van der Waals surface area contributed by atoms with E-state index in [0.717, 1.165) is 6.42 Å². The fourth-order valence-electron chi connectivity index (χ4n) is 1.05. The van der Waals surface area contributed by atoms with Crippen molar-refractivity contribution in [2.45, 2.75) is 45.2 Å². The van der Waals surface area contributed by atoms with E-state index in [9.17, 15) is 14.4 Å². The Balaban J connectivity index is 4.47. The van der Waals surface area contributed by atoms with Gasteiger partial charge in [0.15, 0.2) is 0 Å². The van der Waals surface area contributed by atoms with E-state index in [4.69, 9.17) is 0 Å². The Morgan fingerprint density at radius 2 is 1.82 bits per heavy atom. The summed E-state index contributed by atoms with van der Waals surface area (Å²) in [4.78, 5) is 21.5. The molecule has 0 saturated carbocycles. The zero-order valence-corrected chi connectivity index (χ0v) is 8.19. The zero-order valence-electron chi connectivity index (χ0n) is 7.29. The largest absolute Gasteiger partial charge is 0.810 e. The molecular weight excluding hydrogens is 163 g/mol. The fraction of sp³-hybridized carbons (Fsp3) is 1.00. The van der Waals surface area contributed by atoms with Crippen LogP contribution < -0.4 is 9.79 Å². The lowest BCUT2D eigenvalue weighted by Crippen LogP contribution is -2.35. The summed E-state index contributed by atoms with van der Waals surface area (Å²) in [5, 5.41) is -1.03. The summed E-state index contributed by atoms with van der Waals surface area (Å²) in [6, 6.07) is 0. The van der Waals surface area contributed by atoms with Crippen molar-refractivity contribution in [1.29, 1.82) is 0 Å². The molecule has 0 N–H and O–H groups in total. The molecule has 1 atom stereocenters. The molecule has 0 fully saturated rings. The van der Waals surface area contributed by atoms with Gasteiger partial charge in [-0.1, -0.05) is 34.8 Å². The van der Waals surface area contributed by atoms with Gasteiger partial charge in [-0.15, -0.1) is 0 Å². The molecule has 0 saturated heterocycles. The first-order chi connectivity index (χ1) is 4.87. The number of hydrogen-bond donors (Lipinski definition) is 0. The molecule has 0 aromatic rings. The van der Waals surface area contributed by atoms with E-state index in [1.54, 1.807) is 6.92 Å². The highest BCUT2D eigenvalue weighted by Crippen LogP contribution is 2.47. The summed E-state index contributed by atoms with van der Waals surface area (Å²) in [5.74, 6) is 0. The van der Waals surface area contributed by atoms with Gasteiger partial charge in [-0.3, -0.25) is 0 Å². The molecule has 1 unspecified atom stereocenters. The molecule has 0 heterocycles. The van der Waals surface area contributed by atoms with Gasteiger partial charge in [0.1, 0.15) is 0 Å². The lowest BCUT2D eigenvalue weighted by atomic mass is 10.0.